The number of ether oxygens (including phenoxy) is 1. The van der Waals surface area contributed by atoms with Crippen LogP contribution in [0.4, 0.5) is 0 Å². The number of hydrogen-bond donors (Lipinski definition) is 1. The average Bonchev–Trinajstić information content (AvgIpc) is 2.77. The van der Waals surface area contributed by atoms with E-state index < -0.39 is 0 Å². The van der Waals surface area contributed by atoms with Gasteiger partial charge in [0, 0.05) is 17.5 Å². The first-order chi connectivity index (χ1) is 9.01. The predicted octanol–water partition coefficient (Wildman–Crippen LogP) is 4.25. The molecule has 19 heavy (non-hydrogen) atoms. The number of allylic oxidation sites excluding steroid dienone is 1. The van der Waals surface area contributed by atoms with Gasteiger partial charge in [-0.1, -0.05) is 6.58 Å². The van der Waals surface area contributed by atoms with Gasteiger partial charge in [0.15, 0.2) is 5.78 Å². The summed E-state index contributed by atoms with van der Waals surface area (Å²) >= 11 is 1.47. The molecule has 3 nitrogen and oxygen atoms in total. The molecule has 0 atom stereocenters. The summed E-state index contributed by atoms with van der Waals surface area (Å²) in [5, 5.41) is 10.0. The van der Waals surface area contributed by atoms with Crippen LogP contribution in [0.25, 0.3) is 10.1 Å². The van der Waals surface area contributed by atoms with Gasteiger partial charge in [0.05, 0.1) is 17.7 Å². The van der Waals surface area contributed by atoms with Crippen LogP contribution in [0.1, 0.15) is 28.1 Å². The number of fused-ring (bicyclic) bond motifs is 1. The third-order valence-corrected chi connectivity index (χ3v) is 4.09. The lowest BCUT2D eigenvalue weighted by Crippen LogP contribution is -1.96. The largest absolute Gasteiger partial charge is 0.513 e. The number of rotatable bonds is 5. The Hall–Kier alpha value is -1.81. The minimum absolute atomic E-state index is 0.0352. The molecule has 1 aromatic heterocycles. The van der Waals surface area contributed by atoms with Crippen molar-refractivity contribution in [1.82, 2.24) is 0 Å². The molecule has 0 aliphatic rings. The fourth-order valence-corrected chi connectivity index (χ4v) is 3.02. The lowest BCUT2D eigenvalue weighted by Gasteiger charge is -2.03. The van der Waals surface area contributed by atoms with Crippen molar-refractivity contribution in [3.8, 4) is 5.75 Å². The van der Waals surface area contributed by atoms with Gasteiger partial charge in [0.25, 0.3) is 0 Å². The second kappa shape index (κ2) is 5.45. The summed E-state index contributed by atoms with van der Waals surface area (Å²) in [7, 11) is 1.64. The van der Waals surface area contributed by atoms with Crippen molar-refractivity contribution in [1.29, 1.82) is 0 Å². The van der Waals surface area contributed by atoms with Crippen LogP contribution in [0.2, 0.25) is 0 Å². The van der Waals surface area contributed by atoms with Crippen molar-refractivity contribution in [3.05, 3.63) is 41.0 Å². The Balaban J connectivity index is 2.31. The van der Waals surface area contributed by atoms with Crippen LogP contribution in [-0.4, -0.2) is 18.0 Å². The third kappa shape index (κ3) is 2.96. The Morgan fingerprint density at radius 3 is 2.74 bits per heavy atom. The molecule has 0 unspecified atom stereocenters. The van der Waals surface area contributed by atoms with E-state index in [0.717, 1.165) is 21.4 Å². The maximum atomic E-state index is 12.0. The summed E-state index contributed by atoms with van der Waals surface area (Å²) < 4.78 is 6.35. The number of thiophene rings is 1. The van der Waals surface area contributed by atoms with E-state index in [4.69, 9.17) is 9.84 Å². The molecule has 0 radical (unpaired) electrons. The van der Waals surface area contributed by atoms with Crippen molar-refractivity contribution in [2.45, 2.75) is 19.8 Å². The van der Waals surface area contributed by atoms with E-state index in [1.165, 1.54) is 11.3 Å². The van der Waals surface area contributed by atoms with E-state index in [1.54, 1.807) is 7.11 Å². The van der Waals surface area contributed by atoms with E-state index >= 15 is 0 Å². The Morgan fingerprint density at radius 1 is 1.37 bits per heavy atom. The maximum absolute atomic E-state index is 12.0. The monoisotopic (exact) mass is 276 g/mol. The Labute approximate surface area is 116 Å². The molecule has 4 heteroatoms. The Bertz CT molecular complexity index is 640. The van der Waals surface area contributed by atoms with Crippen LogP contribution >= 0.6 is 11.3 Å². The van der Waals surface area contributed by atoms with E-state index in [-0.39, 0.29) is 18.0 Å². The molecule has 0 aliphatic heterocycles. The Kier molecular flexibility index (Phi) is 3.90. The van der Waals surface area contributed by atoms with Crippen molar-refractivity contribution in [3.63, 3.8) is 0 Å². The SMILES string of the molecule is C=C(O)CCC(=O)c1cc2cc(OC)c(C)cc2s1. The molecule has 100 valence electrons. The highest BCUT2D eigenvalue weighted by Crippen LogP contribution is 2.32. The first kappa shape index (κ1) is 13.6. The average molecular weight is 276 g/mol. The molecular weight excluding hydrogens is 260 g/mol. The minimum Gasteiger partial charge on any atom is -0.513 e. The van der Waals surface area contributed by atoms with Crippen LogP contribution in [0, 0.1) is 6.92 Å². The van der Waals surface area contributed by atoms with E-state index in [0.29, 0.717) is 11.3 Å². The highest BCUT2D eigenvalue weighted by atomic mass is 32.1. The zero-order chi connectivity index (χ0) is 14.0. The first-order valence-corrected chi connectivity index (χ1v) is 6.81. The number of hydrogen-bond acceptors (Lipinski definition) is 4. The third-order valence-electron chi connectivity index (χ3n) is 2.95. The second-order valence-electron chi connectivity index (χ2n) is 4.46. The van der Waals surface area contributed by atoms with Crippen LogP contribution < -0.4 is 4.74 Å². The van der Waals surface area contributed by atoms with Crippen LogP contribution in [-0.2, 0) is 0 Å². The van der Waals surface area contributed by atoms with Crippen LogP contribution in [0.15, 0.2) is 30.5 Å². The van der Waals surface area contributed by atoms with Crippen molar-refractivity contribution in [2.24, 2.45) is 0 Å². The molecular formula is C15H16O3S. The highest BCUT2D eigenvalue weighted by Gasteiger charge is 2.12. The number of carbonyl (C=O) groups excluding carboxylic acids is 1. The molecule has 1 heterocycles. The zero-order valence-corrected chi connectivity index (χ0v) is 11.8. The number of carbonyl (C=O) groups is 1. The van der Waals surface area contributed by atoms with Crippen LogP contribution in [0.3, 0.4) is 0 Å². The lowest BCUT2D eigenvalue weighted by atomic mass is 10.1. The van der Waals surface area contributed by atoms with Crippen molar-refractivity contribution >= 4 is 27.2 Å². The molecule has 0 fully saturated rings. The summed E-state index contributed by atoms with van der Waals surface area (Å²) in [5.41, 5.74) is 1.06. The van der Waals surface area contributed by atoms with Gasteiger partial charge in [-0.3, -0.25) is 4.79 Å². The highest BCUT2D eigenvalue weighted by molar-refractivity contribution is 7.20. The van der Waals surface area contributed by atoms with Gasteiger partial charge in [-0.05, 0) is 36.1 Å². The summed E-state index contributed by atoms with van der Waals surface area (Å²) in [6.07, 6.45) is 0.605. The van der Waals surface area contributed by atoms with Gasteiger partial charge in [0.2, 0.25) is 0 Å². The topological polar surface area (TPSA) is 46.5 Å². The lowest BCUT2D eigenvalue weighted by molar-refractivity contribution is 0.0982. The number of ketones is 1. The molecule has 0 amide bonds. The fourth-order valence-electron chi connectivity index (χ4n) is 1.91. The van der Waals surface area contributed by atoms with Gasteiger partial charge in [-0.15, -0.1) is 11.3 Å². The van der Waals surface area contributed by atoms with E-state index in [2.05, 4.69) is 6.58 Å². The molecule has 0 spiro atoms. The number of aliphatic hydroxyl groups excluding tert-OH is 1. The molecule has 2 rings (SSSR count). The molecule has 0 aliphatic carbocycles. The van der Waals surface area contributed by atoms with Crippen molar-refractivity contribution < 1.29 is 14.6 Å². The van der Waals surface area contributed by atoms with Gasteiger partial charge in [-0.25, -0.2) is 0 Å². The molecule has 0 saturated heterocycles. The normalized spacial score (nSPS) is 10.6. The summed E-state index contributed by atoms with van der Waals surface area (Å²) in [5.74, 6) is 0.910. The standard InChI is InChI=1S/C15H16O3S/c1-9-6-14-11(7-13(9)18-3)8-15(19-14)12(17)5-4-10(2)16/h6-8,16H,2,4-5H2,1,3H3. The maximum Gasteiger partial charge on any atom is 0.173 e. The van der Waals surface area contributed by atoms with Gasteiger partial charge in [-0.2, -0.15) is 0 Å². The number of aryl methyl sites for hydroxylation is 1. The number of Topliss-reactive ketones (excluding diaryl/α,β-unsaturated/α-hetero) is 1. The molecule has 2 aromatic rings. The predicted molar refractivity (Wildman–Crippen MR) is 78.4 cm³/mol. The number of benzene rings is 1. The van der Waals surface area contributed by atoms with Crippen LogP contribution in [0.5, 0.6) is 5.75 Å². The fraction of sp³-hybridized carbons (Fsp3) is 0.267. The summed E-state index contributed by atoms with van der Waals surface area (Å²) in [6, 6.07) is 5.86. The van der Waals surface area contributed by atoms with E-state index in [1.807, 2.05) is 25.1 Å². The van der Waals surface area contributed by atoms with E-state index in [9.17, 15) is 4.79 Å². The molecule has 1 aromatic carbocycles. The minimum atomic E-state index is 0.0352. The first-order valence-electron chi connectivity index (χ1n) is 5.99. The molecule has 1 N–H and O–H groups in total. The second-order valence-corrected chi connectivity index (χ2v) is 5.54. The smallest absolute Gasteiger partial charge is 0.173 e. The van der Waals surface area contributed by atoms with Gasteiger partial charge in [0.1, 0.15) is 5.75 Å². The van der Waals surface area contributed by atoms with Crippen molar-refractivity contribution in [2.75, 3.05) is 7.11 Å². The molecule has 0 bridgehead atoms. The number of aliphatic hydroxyl groups is 1. The quantitative estimate of drug-likeness (QED) is 0.656. The molecule has 0 saturated carbocycles. The zero-order valence-electron chi connectivity index (χ0n) is 11.0. The summed E-state index contributed by atoms with van der Waals surface area (Å²) in [6.45, 7) is 5.37. The Morgan fingerprint density at radius 2 is 2.11 bits per heavy atom. The van der Waals surface area contributed by atoms with Gasteiger partial charge >= 0.3 is 0 Å². The number of methoxy groups -OCH3 is 1. The van der Waals surface area contributed by atoms with Gasteiger partial charge < -0.3 is 9.84 Å². The summed E-state index contributed by atoms with van der Waals surface area (Å²) in [4.78, 5) is 12.7.